The van der Waals surface area contributed by atoms with Crippen molar-refractivity contribution in [3.05, 3.63) is 27.2 Å². The molecule has 1 rings (SSSR count). The molecule has 1 amide bonds. The van der Waals surface area contributed by atoms with Crippen LogP contribution in [0.2, 0.25) is 5.02 Å². The minimum absolute atomic E-state index is 0.209. The molecule has 1 N–H and O–H groups in total. The number of halogens is 2. The lowest BCUT2D eigenvalue weighted by atomic mass is 10.2. The van der Waals surface area contributed by atoms with Crippen molar-refractivity contribution in [2.75, 3.05) is 0 Å². The Labute approximate surface area is 129 Å². The highest BCUT2D eigenvalue weighted by Crippen LogP contribution is 2.30. The lowest BCUT2D eigenvalue weighted by Gasteiger charge is -2.20. The number of nitrogens with one attached hydrogen (secondary N) is 1. The average Bonchev–Trinajstić information content (AvgIpc) is 2.24. The Bertz CT molecular complexity index is 477. The third kappa shape index (κ3) is 5.42. The van der Waals surface area contributed by atoms with Gasteiger partial charge in [-0.15, -0.1) is 0 Å². The Balaban J connectivity index is 2.75. The second kappa shape index (κ2) is 6.63. The van der Waals surface area contributed by atoms with Crippen LogP contribution in [-0.2, 0) is 11.3 Å². The molecule has 103 valence electrons. The van der Waals surface area contributed by atoms with Gasteiger partial charge in [-0.05, 0) is 32.9 Å². The fourth-order valence-corrected chi connectivity index (χ4v) is 2.35. The van der Waals surface area contributed by atoms with E-state index in [2.05, 4.69) is 31.7 Å². The Morgan fingerprint density at radius 1 is 1.47 bits per heavy atom. The number of hydrogen-bond acceptors (Lipinski definition) is 3. The maximum atomic E-state index is 11.6. The lowest BCUT2D eigenvalue weighted by molar-refractivity contribution is 0.0523. The average molecular weight is 364 g/mol. The van der Waals surface area contributed by atoms with Crippen LogP contribution in [0.1, 0.15) is 26.3 Å². The predicted octanol–water partition coefficient (Wildman–Crippen LogP) is 3.59. The molecule has 0 aliphatic rings. The SMILES string of the molecule is CC(C)(C)OC(=O)NCc1c(Cl)cc(Br)cc1O[Si]. The van der Waals surface area contributed by atoms with Gasteiger partial charge in [-0.25, -0.2) is 4.79 Å². The van der Waals surface area contributed by atoms with Crippen LogP contribution in [0.5, 0.6) is 5.75 Å². The largest absolute Gasteiger partial charge is 0.540 e. The van der Waals surface area contributed by atoms with Crippen molar-refractivity contribution in [2.24, 2.45) is 0 Å². The fraction of sp³-hybridized carbons (Fsp3) is 0.417. The third-order valence-electron chi connectivity index (χ3n) is 2.04. The van der Waals surface area contributed by atoms with Crippen molar-refractivity contribution in [3.8, 4) is 5.75 Å². The van der Waals surface area contributed by atoms with Crippen molar-refractivity contribution < 1.29 is 14.0 Å². The molecule has 4 nitrogen and oxygen atoms in total. The van der Waals surface area contributed by atoms with Gasteiger partial charge in [-0.2, -0.15) is 0 Å². The van der Waals surface area contributed by atoms with Gasteiger partial charge in [0, 0.05) is 10.0 Å². The Kier molecular flexibility index (Phi) is 5.70. The topological polar surface area (TPSA) is 47.6 Å². The number of rotatable bonds is 3. The molecule has 0 unspecified atom stereocenters. The van der Waals surface area contributed by atoms with Crippen LogP contribution in [0, 0.1) is 0 Å². The van der Waals surface area contributed by atoms with Crippen LogP contribution in [0.3, 0.4) is 0 Å². The molecule has 0 bridgehead atoms. The van der Waals surface area contributed by atoms with Crippen LogP contribution in [0.25, 0.3) is 0 Å². The van der Waals surface area contributed by atoms with Crippen molar-refractivity contribution >= 4 is 44.1 Å². The molecular weight excluding hydrogens is 350 g/mol. The number of carbonyl (C=O) groups excluding carboxylic acids is 1. The molecule has 0 spiro atoms. The summed E-state index contributed by atoms with van der Waals surface area (Å²) in [6.45, 7) is 5.60. The molecule has 0 saturated carbocycles. The highest BCUT2D eigenvalue weighted by Gasteiger charge is 2.17. The summed E-state index contributed by atoms with van der Waals surface area (Å²) in [4.78, 5) is 11.6. The molecule has 19 heavy (non-hydrogen) atoms. The first-order chi connectivity index (χ1) is 8.73. The molecule has 7 heteroatoms. The fourth-order valence-electron chi connectivity index (χ4n) is 1.32. The maximum Gasteiger partial charge on any atom is 0.407 e. The summed E-state index contributed by atoms with van der Waals surface area (Å²) in [7, 11) is 2.96. The van der Waals surface area contributed by atoms with Crippen LogP contribution in [0.15, 0.2) is 16.6 Å². The first-order valence-corrected chi connectivity index (χ1v) is 7.09. The van der Waals surface area contributed by atoms with Gasteiger partial charge in [0.25, 0.3) is 0 Å². The summed E-state index contributed by atoms with van der Waals surface area (Å²) < 4.78 is 11.0. The molecule has 0 aromatic heterocycles. The third-order valence-corrected chi connectivity index (χ3v) is 3.05. The number of amides is 1. The van der Waals surface area contributed by atoms with Crippen LogP contribution in [0.4, 0.5) is 4.79 Å². The van der Waals surface area contributed by atoms with Gasteiger partial charge in [-0.1, -0.05) is 27.5 Å². The predicted molar refractivity (Wildman–Crippen MR) is 78.6 cm³/mol. The van der Waals surface area contributed by atoms with Gasteiger partial charge >= 0.3 is 16.6 Å². The van der Waals surface area contributed by atoms with E-state index in [1.807, 2.05) is 0 Å². The van der Waals surface area contributed by atoms with Crippen molar-refractivity contribution in [1.29, 1.82) is 0 Å². The van der Waals surface area contributed by atoms with Gasteiger partial charge < -0.3 is 14.5 Å². The molecule has 0 heterocycles. The zero-order chi connectivity index (χ0) is 14.6. The van der Waals surface area contributed by atoms with Gasteiger partial charge in [0.15, 0.2) is 0 Å². The molecule has 0 aliphatic heterocycles. The molecular formula is C12H14BrClNO3Si. The van der Waals surface area contributed by atoms with E-state index in [4.69, 9.17) is 20.8 Å². The molecule has 0 aliphatic carbocycles. The molecule has 0 saturated heterocycles. The van der Waals surface area contributed by atoms with E-state index >= 15 is 0 Å². The monoisotopic (exact) mass is 362 g/mol. The number of hydrogen-bond donors (Lipinski definition) is 1. The first-order valence-electron chi connectivity index (χ1n) is 5.51. The van der Waals surface area contributed by atoms with E-state index in [0.29, 0.717) is 16.3 Å². The number of alkyl carbamates (subject to hydrolysis) is 1. The quantitative estimate of drug-likeness (QED) is 0.835. The van der Waals surface area contributed by atoms with E-state index in [9.17, 15) is 4.79 Å². The van der Waals surface area contributed by atoms with Crippen LogP contribution < -0.4 is 9.74 Å². The molecule has 3 radical (unpaired) electrons. The van der Waals surface area contributed by atoms with Crippen molar-refractivity contribution in [2.45, 2.75) is 32.9 Å². The summed E-state index contributed by atoms with van der Waals surface area (Å²) in [6.07, 6.45) is -0.508. The second-order valence-electron chi connectivity index (χ2n) is 4.82. The summed E-state index contributed by atoms with van der Waals surface area (Å²) in [5.41, 5.74) is 0.118. The van der Waals surface area contributed by atoms with E-state index in [0.717, 1.165) is 4.47 Å². The highest BCUT2D eigenvalue weighted by molar-refractivity contribution is 9.10. The van der Waals surface area contributed by atoms with E-state index < -0.39 is 11.7 Å². The lowest BCUT2D eigenvalue weighted by Crippen LogP contribution is -2.32. The normalized spacial score (nSPS) is 11.1. The van der Waals surface area contributed by atoms with Crippen LogP contribution in [-0.4, -0.2) is 22.2 Å². The van der Waals surface area contributed by atoms with Crippen molar-refractivity contribution in [3.63, 3.8) is 0 Å². The number of ether oxygens (including phenoxy) is 1. The Morgan fingerprint density at radius 3 is 2.63 bits per heavy atom. The summed E-state index contributed by atoms with van der Waals surface area (Å²) in [5, 5.41) is 3.11. The zero-order valence-electron chi connectivity index (χ0n) is 10.8. The smallest absolute Gasteiger partial charge is 0.407 e. The number of benzene rings is 1. The summed E-state index contributed by atoms with van der Waals surface area (Å²) in [5.74, 6) is 0.520. The van der Waals surface area contributed by atoms with Gasteiger partial charge in [0.1, 0.15) is 11.4 Å². The Hall–Kier alpha value is -0.723. The standard InChI is InChI=1S/C12H14BrClNO3Si/c1-12(2,3)17-11(16)15-6-8-9(14)4-7(13)5-10(8)18-19/h4-5H,6H2,1-3H3,(H,15,16). The first kappa shape index (κ1) is 16.3. The van der Waals surface area contributed by atoms with E-state index in [1.165, 1.54) is 0 Å². The molecule has 1 aromatic carbocycles. The van der Waals surface area contributed by atoms with Gasteiger partial charge in [-0.3, -0.25) is 0 Å². The van der Waals surface area contributed by atoms with Gasteiger partial charge in [0.05, 0.1) is 11.6 Å². The molecule has 1 aromatic rings. The molecule has 0 fully saturated rings. The van der Waals surface area contributed by atoms with Crippen LogP contribution >= 0.6 is 27.5 Å². The number of carbonyl (C=O) groups is 1. The maximum absolute atomic E-state index is 11.6. The Morgan fingerprint density at radius 2 is 2.11 bits per heavy atom. The zero-order valence-corrected chi connectivity index (χ0v) is 14.2. The minimum Gasteiger partial charge on any atom is -0.540 e. The summed E-state index contributed by atoms with van der Waals surface area (Å²) >= 11 is 9.42. The summed E-state index contributed by atoms with van der Waals surface area (Å²) in [6, 6.07) is 3.47. The van der Waals surface area contributed by atoms with Gasteiger partial charge in [0.2, 0.25) is 0 Å². The molecule has 0 atom stereocenters. The highest BCUT2D eigenvalue weighted by atomic mass is 79.9. The minimum atomic E-state index is -0.540. The van der Waals surface area contributed by atoms with E-state index in [-0.39, 0.29) is 6.54 Å². The second-order valence-corrected chi connectivity index (χ2v) is 6.35. The van der Waals surface area contributed by atoms with E-state index in [1.54, 1.807) is 32.9 Å². The van der Waals surface area contributed by atoms with Crippen molar-refractivity contribution in [1.82, 2.24) is 5.32 Å².